The fourth-order valence-electron chi connectivity index (χ4n) is 2.39. The van der Waals surface area contributed by atoms with Crippen LogP contribution in [0.5, 0.6) is 0 Å². The Kier molecular flexibility index (Phi) is 3.80. The first-order valence-electron chi connectivity index (χ1n) is 6.09. The molecule has 5 heteroatoms. The van der Waals surface area contributed by atoms with Gasteiger partial charge >= 0.3 is 6.18 Å². The fraction of sp³-hybridized carbons (Fsp3) is 0.538. The van der Waals surface area contributed by atoms with Crippen LogP contribution >= 0.6 is 0 Å². The Labute approximate surface area is 105 Å². The molecule has 0 radical (unpaired) electrons. The van der Waals surface area contributed by atoms with Crippen molar-refractivity contribution < 1.29 is 13.2 Å². The third kappa shape index (κ3) is 3.16. The second-order valence-corrected chi connectivity index (χ2v) is 4.81. The Balaban J connectivity index is 2.00. The minimum atomic E-state index is -4.08. The van der Waals surface area contributed by atoms with Crippen molar-refractivity contribution in [2.45, 2.75) is 25.6 Å². The van der Waals surface area contributed by atoms with E-state index in [2.05, 4.69) is 0 Å². The molecule has 1 aromatic carbocycles. The summed E-state index contributed by atoms with van der Waals surface area (Å²) >= 11 is 0. The molecule has 1 unspecified atom stereocenters. The molecule has 0 aromatic heterocycles. The van der Waals surface area contributed by atoms with Gasteiger partial charge in [0.05, 0.1) is 5.92 Å². The van der Waals surface area contributed by atoms with Crippen molar-refractivity contribution in [3.63, 3.8) is 0 Å². The lowest BCUT2D eigenvalue weighted by Gasteiger charge is -2.33. The highest BCUT2D eigenvalue weighted by molar-refractivity contribution is 5.46. The van der Waals surface area contributed by atoms with E-state index in [4.69, 9.17) is 5.73 Å². The van der Waals surface area contributed by atoms with E-state index < -0.39 is 12.1 Å². The fourth-order valence-corrected chi connectivity index (χ4v) is 2.39. The van der Waals surface area contributed by atoms with Gasteiger partial charge in [-0.25, -0.2) is 0 Å². The number of hydrogen-bond acceptors (Lipinski definition) is 2. The van der Waals surface area contributed by atoms with Crippen LogP contribution in [-0.4, -0.2) is 24.2 Å². The van der Waals surface area contributed by atoms with Crippen LogP contribution in [0.15, 0.2) is 24.3 Å². The number of piperidine rings is 1. The molecule has 2 N–H and O–H groups in total. The predicted molar refractivity (Wildman–Crippen MR) is 64.9 cm³/mol. The predicted octanol–water partition coefficient (Wildman–Crippen LogP) is 3.04. The van der Waals surface area contributed by atoms with Crippen LogP contribution in [0.25, 0.3) is 0 Å². The van der Waals surface area contributed by atoms with Gasteiger partial charge in [-0.1, -0.05) is 18.2 Å². The first kappa shape index (κ1) is 13.2. The van der Waals surface area contributed by atoms with E-state index in [-0.39, 0.29) is 13.0 Å². The maximum atomic E-state index is 12.7. The van der Waals surface area contributed by atoms with Crippen molar-refractivity contribution in [2.24, 2.45) is 5.92 Å². The number of anilines is 1. The smallest absolute Gasteiger partial charge is 0.393 e. The Morgan fingerprint density at radius 2 is 2.00 bits per heavy atom. The molecule has 1 fully saturated rings. The van der Waals surface area contributed by atoms with Crippen LogP contribution in [0, 0.1) is 5.92 Å². The number of rotatable bonds is 2. The quantitative estimate of drug-likeness (QED) is 0.826. The molecule has 0 saturated carbocycles. The number of nitrogens with two attached hydrogens (primary N) is 1. The van der Waals surface area contributed by atoms with Gasteiger partial charge in [-0.2, -0.15) is 13.2 Å². The highest BCUT2D eigenvalue weighted by Crippen LogP contribution is 2.33. The first-order chi connectivity index (χ1) is 8.47. The molecule has 1 saturated heterocycles. The summed E-state index contributed by atoms with van der Waals surface area (Å²) in [5, 5.41) is 0. The SMILES string of the molecule is Nc1ccccc1CN1CCCC(C(F)(F)F)C1. The lowest BCUT2D eigenvalue weighted by molar-refractivity contribution is -0.187. The van der Waals surface area contributed by atoms with Gasteiger partial charge in [-0.15, -0.1) is 0 Å². The van der Waals surface area contributed by atoms with Crippen molar-refractivity contribution >= 4 is 5.69 Å². The van der Waals surface area contributed by atoms with Crippen molar-refractivity contribution in [1.82, 2.24) is 4.90 Å². The first-order valence-corrected chi connectivity index (χ1v) is 6.09. The summed E-state index contributed by atoms with van der Waals surface area (Å²) in [6.07, 6.45) is -3.25. The molecule has 18 heavy (non-hydrogen) atoms. The number of halogens is 3. The maximum Gasteiger partial charge on any atom is 0.393 e. The van der Waals surface area contributed by atoms with E-state index in [1.54, 1.807) is 6.07 Å². The average Bonchev–Trinajstić information content (AvgIpc) is 2.31. The third-order valence-corrected chi connectivity index (χ3v) is 3.42. The number of alkyl halides is 3. The largest absolute Gasteiger partial charge is 0.398 e. The van der Waals surface area contributed by atoms with Crippen LogP contribution in [0.1, 0.15) is 18.4 Å². The minimum Gasteiger partial charge on any atom is -0.398 e. The third-order valence-electron chi connectivity index (χ3n) is 3.42. The van der Waals surface area contributed by atoms with E-state index in [1.165, 1.54) is 0 Å². The molecule has 0 bridgehead atoms. The van der Waals surface area contributed by atoms with Crippen LogP contribution < -0.4 is 5.73 Å². The molecule has 100 valence electrons. The van der Waals surface area contributed by atoms with Crippen molar-refractivity contribution in [3.05, 3.63) is 29.8 Å². The van der Waals surface area contributed by atoms with Gasteiger partial charge in [-0.3, -0.25) is 4.90 Å². The lowest BCUT2D eigenvalue weighted by atomic mass is 9.97. The van der Waals surface area contributed by atoms with Crippen LogP contribution in [-0.2, 0) is 6.54 Å². The van der Waals surface area contributed by atoms with Crippen LogP contribution in [0.3, 0.4) is 0 Å². The van der Waals surface area contributed by atoms with Crippen molar-refractivity contribution in [3.8, 4) is 0 Å². The number of benzene rings is 1. The topological polar surface area (TPSA) is 29.3 Å². The van der Waals surface area contributed by atoms with E-state index in [0.29, 0.717) is 25.2 Å². The molecular weight excluding hydrogens is 241 g/mol. The summed E-state index contributed by atoms with van der Waals surface area (Å²) in [5.74, 6) is -1.20. The van der Waals surface area contributed by atoms with Crippen molar-refractivity contribution in [1.29, 1.82) is 0 Å². The van der Waals surface area contributed by atoms with E-state index >= 15 is 0 Å². The van der Waals surface area contributed by atoms with E-state index in [0.717, 1.165) is 5.56 Å². The molecule has 0 spiro atoms. The second kappa shape index (κ2) is 5.18. The molecular formula is C13H17F3N2. The molecule has 1 atom stereocenters. The summed E-state index contributed by atoms with van der Waals surface area (Å²) < 4.78 is 38.0. The molecule has 0 aliphatic carbocycles. The number of nitrogens with zero attached hydrogens (tertiary/aromatic N) is 1. The normalized spacial score (nSPS) is 22.1. The summed E-state index contributed by atoms with van der Waals surface area (Å²) in [6.45, 7) is 1.29. The van der Waals surface area contributed by atoms with Crippen LogP contribution in [0.4, 0.5) is 18.9 Å². The molecule has 1 aliphatic heterocycles. The second-order valence-electron chi connectivity index (χ2n) is 4.81. The van der Waals surface area contributed by atoms with Crippen molar-refractivity contribution in [2.75, 3.05) is 18.8 Å². The maximum absolute atomic E-state index is 12.7. The van der Waals surface area contributed by atoms with Gasteiger partial charge < -0.3 is 5.73 Å². The Bertz CT molecular complexity index is 403. The summed E-state index contributed by atoms with van der Waals surface area (Å²) in [7, 11) is 0. The van der Waals surface area contributed by atoms with Gasteiger partial charge in [0.1, 0.15) is 0 Å². The number of para-hydroxylation sites is 1. The standard InChI is InChI=1S/C13H17F3N2/c14-13(15,16)11-5-3-7-18(9-11)8-10-4-1-2-6-12(10)17/h1-2,4,6,11H,3,5,7-9,17H2. The zero-order valence-corrected chi connectivity index (χ0v) is 10.1. The summed E-state index contributed by atoms with van der Waals surface area (Å²) in [4.78, 5) is 1.84. The average molecular weight is 258 g/mol. The van der Waals surface area contributed by atoms with Gasteiger partial charge in [0, 0.05) is 18.8 Å². The summed E-state index contributed by atoms with van der Waals surface area (Å²) in [5.41, 5.74) is 7.36. The highest BCUT2D eigenvalue weighted by Gasteiger charge is 2.41. The summed E-state index contributed by atoms with van der Waals surface area (Å²) in [6, 6.07) is 7.33. The monoisotopic (exact) mass is 258 g/mol. The number of likely N-dealkylation sites (tertiary alicyclic amines) is 1. The Morgan fingerprint density at radius 1 is 1.28 bits per heavy atom. The van der Waals surface area contributed by atoms with Gasteiger partial charge in [0.25, 0.3) is 0 Å². The number of nitrogen functional groups attached to an aromatic ring is 1. The zero-order valence-electron chi connectivity index (χ0n) is 10.1. The Hall–Kier alpha value is -1.23. The van der Waals surface area contributed by atoms with Gasteiger partial charge in [-0.05, 0) is 31.0 Å². The lowest BCUT2D eigenvalue weighted by Crippen LogP contribution is -2.41. The molecule has 1 aromatic rings. The Morgan fingerprint density at radius 3 is 2.67 bits per heavy atom. The molecule has 2 rings (SSSR count). The zero-order chi connectivity index (χ0) is 13.2. The molecule has 1 aliphatic rings. The number of hydrogen-bond donors (Lipinski definition) is 1. The van der Waals surface area contributed by atoms with Crippen LogP contribution in [0.2, 0.25) is 0 Å². The van der Waals surface area contributed by atoms with E-state index in [1.807, 2.05) is 23.1 Å². The van der Waals surface area contributed by atoms with Gasteiger partial charge in [0.2, 0.25) is 0 Å². The molecule has 0 amide bonds. The van der Waals surface area contributed by atoms with E-state index in [9.17, 15) is 13.2 Å². The molecule has 2 nitrogen and oxygen atoms in total. The van der Waals surface area contributed by atoms with Gasteiger partial charge in [0.15, 0.2) is 0 Å². The minimum absolute atomic E-state index is 0.0812. The molecule has 1 heterocycles. The highest BCUT2D eigenvalue weighted by atomic mass is 19.4.